The van der Waals surface area contributed by atoms with Crippen molar-refractivity contribution >= 4 is 29.6 Å². The van der Waals surface area contributed by atoms with Crippen molar-refractivity contribution in [2.24, 2.45) is 0 Å². The van der Waals surface area contributed by atoms with E-state index in [0.29, 0.717) is 18.0 Å². The predicted octanol–water partition coefficient (Wildman–Crippen LogP) is 2.21. The number of halogens is 1. The van der Waals surface area contributed by atoms with Crippen molar-refractivity contribution in [2.75, 3.05) is 20.8 Å². The second-order valence-electron chi connectivity index (χ2n) is 6.81. The van der Waals surface area contributed by atoms with Gasteiger partial charge in [0.2, 0.25) is 0 Å². The van der Waals surface area contributed by atoms with Gasteiger partial charge in [-0.25, -0.2) is 14.6 Å². The van der Waals surface area contributed by atoms with Gasteiger partial charge in [-0.05, 0) is 24.1 Å². The number of nitrogens with one attached hydrogen (secondary N) is 2. The molecule has 30 heavy (non-hydrogen) atoms. The highest BCUT2D eigenvalue weighted by Crippen LogP contribution is 2.34. The number of rotatable bonds is 6. The first kappa shape index (κ1) is 21.6. The van der Waals surface area contributed by atoms with Crippen LogP contribution in [0.25, 0.3) is 0 Å². The average molecular weight is 435 g/mol. The maximum atomic E-state index is 13.2. The number of imidazole rings is 1. The molecule has 0 saturated carbocycles. The Balaban J connectivity index is 1.85. The van der Waals surface area contributed by atoms with Gasteiger partial charge in [-0.3, -0.25) is 4.79 Å². The average Bonchev–Trinajstić information content (AvgIpc) is 3.23. The topological polar surface area (TPSA) is 114 Å². The minimum Gasteiger partial charge on any atom is -0.469 e. The molecule has 1 aromatic heterocycles. The molecule has 3 rings (SSSR count). The van der Waals surface area contributed by atoms with Crippen LogP contribution >= 0.6 is 11.6 Å². The number of hydrogen-bond acceptors (Lipinski definition) is 6. The number of aromatic amines is 1. The van der Waals surface area contributed by atoms with Gasteiger partial charge in [0.05, 0.1) is 26.2 Å². The fraction of sp³-hybridized carbons (Fsp3) is 0.400. The Morgan fingerprint density at radius 2 is 2.13 bits per heavy atom. The van der Waals surface area contributed by atoms with Crippen LogP contribution in [0.2, 0.25) is 5.02 Å². The molecule has 1 aliphatic heterocycles. The van der Waals surface area contributed by atoms with Crippen molar-refractivity contribution < 1.29 is 23.9 Å². The molecule has 0 fully saturated rings. The van der Waals surface area contributed by atoms with Gasteiger partial charge in [-0.1, -0.05) is 23.7 Å². The molecule has 10 heteroatoms. The van der Waals surface area contributed by atoms with Crippen molar-refractivity contribution in [2.45, 2.75) is 31.3 Å². The van der Waals surface area contributed by atoms with Crippen molar-refractivity contribution in [3.8, 4) is 0 Å². The number of hydrogen-bond donors (Lipinski definition) is 2. The van der Waals surface area contributed by atoms with E-state index in [2.05, 4.69) is 20.0 Å². The fourth-order valence-electron chi connectivity index (χ4n) is 3.50. The van der Waals surface area contributed by atoms with Crippen LogP contribution in [0.15, 0.2) is 30.6 Å². The quantitative estimate of drug-likeness (QED) is 0.674. The Kier molecular flexibility index (Phi) is 6.94. The van der Waals surface area contributed by atoms with E-state index in [4.69, 9.17) is 16.3 Å². The van der Waals surface area contributed by atoms with Crippen LogP contribution < -0.4 is 5.32 Å². The lowest BCUT2D eigenvalue weighted by molar-refractivity contribution is -0.144. The Labute approximate surface area is 178 Å². The number of carbonyl (C=O) groups excluding carboxylic acids is 3. The summed E-state index contributed by atoms with van der Waals surface area (Å²) >= 11 is 6.17. The molecule has 2 amide bonds. The smallest absolute Gasteiger partial charge is 0.328 e. The van der Waals surface area contributed by atoms with Gasteiger partial charge in [0.15, 0.2) is 0 Å². The number of ether oxygens (including phenoxy) is 2. The van der Waals surface area contributed by atoms with Gasteiger partial charge in [-0.15, -0.1) is 0 Å². The van der Waals surface area contributed by atoms with Gasteiger partial charge in [0.1, 0.15) is 12.1 Å². The van der Waals surface area contributed by atoms with Crippen molar-refractivity contribution in [3.63, 3.8) is 0 Å². The molecule has 160 valence electrons. The number of amides is 2. The van der Waals surface area contributed by atoms with E-state index in [1.165, 1.54) is 14.2 Å². The summed E-state index contributed by atoms with van der Waals surface area (Å²) in [5, 5.41) is 3.23. The SMILES string of the molecule is COC(=O)CC[C@@H](NC(=O)N1CCc2[nH]cnc2[C@H]1c1cccc(Cl)c1)C(=O)OC. The largest absolute Gasteiger partial charge is 0.469 e. The van der Waals surface area contributed by atoms with Gasteiger partial charge in [0.25, 0.3) is 0 Å². The summed E-state index contributed by atoms with van der Waals surface area (Å²) in [6, 6.07) is 5.29. The van der Waals surface area contributed by atoms with Crippen LogP contribution in [-0.2, 0) is 25.5 Å². The molecule has 0 spiro atoms. The number of H-pyrrole nitrogens is 1. The molecule has 0 saturated heterocycles. The third-order valence-corrected chi connectivity index (χ3v) is 5.23. The normalized spacial score (nSPS) is 16.4. The van der Waals surface area contributed by atoms with E-state index in [9.17, 15) is 14.4 Å². The zero-order chi connectivity index (χ0) is 21.7. The maximum absolute atomic E-state index is 13.2. The number of carbonyl (C=O) groups is 3. The molecular formula is C20H23ClN4O5. The van der Waals surface area contributed by atoms with Crippen molar-refractivity contribution in [1.82, 2.24) is 20.2 Å². The van der Waals surface area contributed by atoms with Crippen LogP contribution in [0, 0.1) is 0 Å². The molecule has 0 unspecified atom stereocenters. The van der Waals surface area contributed by atoms with Crippen LogP contribution in [-0.4, -0.2) is 59.6 Å². The summed E-state index contributed by atoms with van der Waals surface area (Å²) in [6.45, 7) is 0.406. The van der Waals surface area contributed by atoms with Gasteiger partial charge < -0.3 is 24.7 Å². The first-order chi connectivity index (χ1) is 14.4. The van der Waals surface area contributed by atoms with Crippen molar-refractivity contribution in [3.05, 3.63) is 52.6 Å². The summed E-state index contributed by atoms with van der Waals surface area (Å²) in [6.07, 6.45) is 2.22. The van der Waals surface area contributed by atoms with E-state index in [-0.39, 0.29) is 12.8 Å². The van der Waals surface area contributed by atoms with E-state index < -0.39 is 30.1 Å². The van der Waals surface area contributed by atoms with Crippen LogP contribution in [0.1, 0.15) is 35.8 Å². The summed E-state index contributed by atoms with van der Waals surface area (Å²) in [4.78, 5) is 45.9. The highest BCUT2D eigenvalue weighted by Gasteiger charge is 2.36. The number of esters is 2. The van der Waals surface area contributed by atoms with Gasteiger partial charge >= 0.3 is 18.0 Å². The lowest BCUT2D eigenvalue weighted by Crippen LogP contribution is -2.51. The summed E-state index contributed by atoms with van der Waals surface area (Å²) in [7, 11) is 2.49. The number of nitrogens with zero attached hydrogens (tertiary/aromatic N) is 2. The molecule has 2 N–H and O–H groups in total. The minimum absolute atomic E-state index is 0.0300. The Hall–Kier alpha value is -3.07. The predicted molar refractivity (Wildman–Crippen MR) is 108 cm³/mol. The lowest BCUT2D eigenvalue weighted by atomic mass is 9.96. The highest BCUT2D eigenvalue weighted by atomic mass is 35.5. The second kappa shape index (κ2) is 9.62. The Morgan fingerprint density at radius 3 is 2.83 bits per heavy atom. The minimum atomic E-state index is -0.984. The van der Waals surface area contributed by atoms with Crippen LogP contribution in [0.5, 0.6) is 0 Å². The number of urea groups is 1. The lowest BCUT2D eigenvalue weighted by Gasteiger charge is -2.36. The zero-order valence-corrected chi connectivity index (χ0v) is 17.4. The number of methoxy groups -OCH3 is 2. The van der Waals surface area contributed by atoms with Crippen LogP contribution in [0.3, 0.4) is 0 Å². The van der Waals surface area contributed by atoms with E-state index in [1.807, 2.05) is 12.1 Å². The van der Waals surface area contributed by atoms with Crippen molar-refractivity contribution in [1.29, 1.82) is 0 Å². The molecule has 9 nitrogen and oxygen atoms in total. The number of benzene rings is 1. The molecule has 2 aromatic rings. The molecule has 1 aromatic carbocycles. The number of fused-ring (bicyclic) bond motifs is 1. The molecule has 1 aliphatic rings. The molecule has 2 atom stereocenters. The Bertz CT molecular complexity index is 931. The number of aromatic nitrogens is 2. The van der Waals surface area contributed by atoms with E-state index in [0.717, 1.165) is 17.0 Å². The highest BCUT2D eigenvalue weighted by molar-refractivity contribution is 6.30. The molecular weight excluding hydrogens is 412 g/mol. The van der Waals surface area contributed by atoms with E-state index >= 15 is 0 Å². The zero-order valence-electron chi connectivity index (χ0n) is 16.7. The third kappa shape index (κ3) is 4.73. The van der Waals surface area contributed by atoms with E-state index in [1.54, 1.807) is 23.4 Å². The molecule has 0 radical (unpaired) electrons. The van der Waals surface area contributed by atoms with Gasteiger partial charge in [0, 0.05) is 30.1 Å². The second-order valence-corrected chi connectivity index (χ2v) is 7.24. The standard InChI is InChI=1S/C20H23ClN4O5/c1-29-16(26)7-6-15(19(27)30-2)24-20(28)25-9-8-14-17(23-11-22-14)18(25)12-4-3-5-13(21)10-12/h3-5,10-11,15,18H,6-9H2,1-2H3,(H,22,23)(H,24,28)/t15-,18-/m1/s1. The summed E-state index contributed by atoms with van der Waals surface area (Å²) in [5.41, 5.74) is 2.47. The maximum Gasteiger partial charge on any atom is 0.328 e. The molecule has 2 heterocycles. The van der Waals surface area contributed by atoms with Crippen LogP contribution in [0.4, 0.5) is 4.79 Å². The molecule has 0 aliphatic carbocycles. The fourth-order valence-corrected chi connectivity index (χ4v) is 3.70. The Morgan fingerprint density at radius 1 is 1.33 bits per heavy atom. The third-order valence-electron chi connectivity index (χ3n) is 5.00. The first-order valence-electron chi connectivity index (χ1n) is 9.44. The van der Waals surface area contributed by atoms with Gasteiger partial charge in [-0.2, -0.15) is 0 Å². The summed E-state index contributed by atoms with van der Waals surface area (Å²) < 4.78 is 9.39. The molecule has 0 bridgehead atoms. The first-order valence-corrected chi connectivity index (χ1v) is 9.81. The monoisotopic (exact) mass is 434 g/mol. The summed E-state index contributed by atoms with van der Waals surface area (Å²) in [5.74, 6) is -1.11.